The summed E-state index contributed by atoms with van der Waals surface area (Å²) in [5.41, 5.74) is -0.821. The number of carbonyl (C=O) groups is 2. The summed E-state index contributed by atoms with van der Waals surface area (Å²) >= 11 is 0. The Labute approximate surface area is 134 Å². The van der Waals surface area contributed by atoms with Crippen LogP contribution in [0.3, 0.4) is 0 Å². The second-order valence-corrected chi connectivity index (χ2v) is 4.84. The first-order valence-corrected chi connectivity index (χ1v) is 6.79. The van der Waals surface area contributed by atoms with Crippen molar-refractivity contribution in [1.29, 1.82) is 0 Å². The monoisotopic (exact) mass is 337 g/mol. The van der Waals surface area contributed by atoms with Gasteiger partial charge in [-0.05, 0) is 25.1 Å². The van der Waals surface area contributed by atoms with Gasteiger partial charge in [-0.1, -0.05) is 0 Å². The van der Waals surface area contributed by atoms with E-state index in [1.54, 1.807) is 0 Å². The highest BCUT2D eigenvalue weighted by molar-refractivity contribution is 5.96. The van der Waals surface area contributed by atoms with Crippen molar-refractivity contribution in [3.63, 3.8) is 0 Å². The van der Waals surface area contributed by atoms with Crippen LogP contribution in [0.4, 0.5) is 14.5 Å². The number of anilines is 1. The van der Waals surface area contributed by atoms with Gasteiger partial charge in [0, 0.05) is 19.2 Å². The molecule has 1 atom stereocenters. The Bertz CT molecular complexity index is 851. The molecule has 0 saturated heterocycles. The lowest BCUT2D eigenvalue weighted by atomic mass is 10.2. The summed E-state index contributed by atoms with van der Waals surface area (Å²) in [6.07, 6.45) is -1.26. The maximum absolute atomic E-state index is 13.5. The number of rotatable bonds is 4. The molecule has 1 heterocycles. The maximum Gasteiger partial charge on any atom is 0.359 e. The van der Waals surface area contributed by atoms with Gasteiger partial charge in [0.05, 0.1) is 5.69 Å². The summed E-state index contributed by atoms with van der Waals surface area (Å²) in [5, 5.41) is 5.87. The molecule has 0 spiro atoms. The Morgan fingerprint density at radius 2 is 1.96 bits per heavy atom. The number of hydrogen-bond acceptors (Lipinski definition) is 5. The highest BCUT2D eigenvalue weighted by atomic mass is 19.1. The summed E-state index contributed by atoms with van der Waals surface area (Å²) in [7, 11) is 1.35. The third kappa shape index (κ3) is 4.00. The summed E-state index contributed by atoms with van der Waals surface area (Å²) in [4.78, 5) is 35.0. The van der Waals surface area contributed by atoms with Gasteiger partial charge in [0.25, 0.3) is 11.5 Å². The molecular formula is C15H13F2N3O4. The molecule has 24 heavy (non-hydrogen) atoms. The average molecular weight is 337 g/mol. The van der Waals surface area contributed by atoms with Crippen molar-refractivity contribution in [1.82, 2.24) is 9.78 Å². The Hall–Kier alpha value is -3.10. The molecule has 0 aliphatic carbocycles. The van der Waals surface area contributed by atoms with E-state index in [0.717, 1.165) is 28.9 Å². The Balaban J connectivity index is 2.04. The number of ether oxygens (including phenoxy) is 1. The van der Waals surface area contributed by atoms with Gasteiger partial charge in [-0.25, -0.2) is 18.3 Å². The molecule has 0 fully saturated rings. The number of benzene rings is 1. The first-order valence-electron chi connectivity index (χ1n) is 6.79. The minimum atomic E-state index is -1.26. The van der Waals surface area contributed by atoms with Gasteiger partial charge in [0.2, 0.25) is 0 Å². The van der Waals surface area contributed by atoms with Crippen LogP contribution in [-0.4, -0.2) is 27.8 Å². The second-order valence-electron chi connectivity index (χ2n) is 4.84. The van der Waals surface area contributed by atoms with Crippen molar-refractivity contribution >= 4 is 17.6 Å². The molecule has 2 aromatic rings. The van der Waals surface area contributed by atoms with Crippen LogP contribution in [0.5, 0.6) is 0 Å². The summed E-state index contributed by atoms with van der Waals surface area (Å²) in [6, 6.07) is 4.92. The van der Waals surface area contributed by atoms with Crippen molar-refractivity contribution in [2.75, 3.05) is 5.32 Å². The normalized spacial score (nSPS) is 11.7. The fourth-order valence-corrected chi connectivity index (χ4v) is 1.71. The molecule has 1 unspecified atom stereocenters. The number of esters is 1. The van der Waals surface area contributed by atoms with E-state index in [1.165, 1.54) is 14.0 Å². The van der Waals surface area contributed by atoms with Gasteiger partial charge in [0.15, 0.2) is 11.8 Å². The minimum Gasteiger partial charge on any atom is -0.448 e. The molecule has 0 aliphatic rings. The number of amides is 1. The number of nitrogens with zero attached hydrogens (tertiary/aromatic N) is 2. The van der Waals surface area contributed by atoms with Crippen molar-refractivity contribution in [2.24, 2.45) is 7.05 Å². The van der Waals surface area contributed by atoms with Gasteiger partial charge in [-0.3, -0.25) is 9.59 Å². The minimum absolute atomic E-state index is 0.162. The van der Waals surface area contributed by atoms with Crippen LogP contribution in [0.1, 0.15) is 17.4 Å². The quantitative estimate of drug-likeness (QED) is 0.848. The van der Waals surface area contributed by atoms with Crippen LogP contribution >= 0.6 is 0 Å². The Kier molecular flexibility index (Phi) is 5.02. The predicted octanol–water partition coefficient (Wildman–Crippen LogP) is 1.24. The molecular weight excluding hydrogens is 324 g/mol. The van der Waals surface area contributed by atoms with Crippen molar-refractivity contribution in [2.45, 2.75) is 13.0 Å². The van der Waals surface area contributed by atoms with E-state index in [1.807, 2.05) is 0 Å². The number of aromatic nitrogens is 2. The lowest BCUT2D eigenvalue weighted by molar-refractivity contribution is -0.123. The SMILES string of the molecule is CC(OC(=O)c1ccc(=O)n(C)n1)C(=O)Nc1ccc(F)cc1F. The molecule has 126 valence electrons. The molecule has 1 aromatic heterocycles. The lowest BCUT2D eigenvalue weighted by Gasteiger charge is -2.13. The zero-order valence-corrected chi connectivity index (χ0v) is 12.7. The molecule has 0 aliphatic heterocycles. The van der Waals surface area contributed by atoms with Crippen LogP contribution in [0.2, 0.25) is 0 Å². The fraction of sp³-hybridized carbons (Fsp3) is 0.200. The van der Waals surface area contributed by atoms with Crippen molar-refractivity contribution in [3.8, 4) is 0 Å². The van der Waals surface area contributed by atoms with E-state index in [0.29, 0.717) is 6.07 Å². The molecule has 1 aromatic carbocycles. The number of aryl methyl sites for hydroxylation is 1. The second kappa shape index (κ2) is 6.99. The summed E-state index contributed by atoms with van der Waals surface area (Å²) in [6.45, 7) is 1.27. The van der Waals surface area contributed by atoms with Crippen molar-refractivity contribution in [3.05, 3.63) is 58.0 Å². The third-order valence-corrected chi connectivity index (χ3v) is 3.01. The smallest absolute Gasteiger partial charge is 0.359 e. The highest BCUT2D eigenvalue weighted by Crippen LogP contribution is 2.15. The zero-order valence-electron chi connectivity index (χ0n) is 12.7. The van der Waals surface area contributed by atoms with Crippen LogP contribution in [0, 0.1) is 11.6 Å². The summed E-state index contributed by atoms with van der Waals surface area (Å²) in [5.74, 6) is -3.47. The first kappa shape index (κ1) is 17.3. The van der Waals surface area contributed by atoms with Gasteiger partial charge < -0.3 is 10.1 Å². The molecule has 7 nitrogen and oxygen atoms in total. The Morgan fingerprint density at radius 1 is 1.25 bits per heavy atom. The fourth-order valence-electron chi connectivity index (χ4n) is 1.71. The zero-order chi connectivity index (χ0) is 17.9. The summed E-state index contributed by atoms with van der Waals surface area (Å²) < 4.78 is 32.1. The molecule has 1 amide bonds. The van der Waals surface area contributed by atoms with Crippen LogP contribution in [0.25, 0.3) is 0 Å². The van der Waals surface area contributed by atoms with Crippen LogP contribution in [-0.2, 0) is 16.6 Å². The topological polar surface area (TPSA) is 90.3 Å². The van der Waals surface area contributed by atoms with Crippen molar-refractivity contribution < 1.29 is 23.1 Å². The number of carbonyl (C=O) groups excluding carboxylic acids is 2. The number of hydrogen-bond donors (Lipinski definition) is 1. The largest absolute Gasteiger partial charge is 0.448 e. The van der Waals surface area contributed by atoms with E-state index in [4.69, 9.17) is 4.74 Å². The van der Waals surface area contributed by atoms with Crippen LogP contribution < -0.4 is 10.9 Å². The maximum atomic E-state index is 13.5. The highest BCUT2D eigenvalue weighted by Gasteiger charge is 2.21. The van der Waals surface area contributed by atoms with Gasteiger partial charge in [-0.2, -0.15) is 5.10 Å². The van der Waals surface area contributed by atoms with E-state index >= 15 is 0 Å². The third-order valence-electron chi connectivity index (χ3n) is 3.01. The average Bonchev–Trinajstić information content (AvgIpc) is 2.52. The van der Waals surface area contributed by atoms with E-state index in [-0.39, 0.29) is 11.4 Å². The standard InChI is InChI=1S/C15H13F2N3O4/c1-8(14(22)18-11-4-3-9(16)7-10(11)17)24-15(23)12-5-6-13(21)20(2)19-12/h3-8H,1-2H3,(H,18,22). The number of nitrogens with one attached hydrogen (secondary N) is 1. The first-order chi connectivity index (χ1) is 11.3. The van der Waals surface area contributed by atoms with E-state index < -0.39 is 35.2 Å². The lowest BCUT2D eigenvalue weighted by Crippen LogP contribution is -2.31. The molecule has 0 saturated carbocycles. The van der Waals surface area contributed by atoms with Gasteiger partial charge in [0.1, 0.15) is 11.6 Å². The van der Waals surface area contributed by atoms with E-state index in [2.05, 4.69) is 10.4 Å². The molecule has 2 rings (SSSR count). The molecule has 9 heteroatoms. The van der Waals surface area contributed by atoms with Gasteiger partial charge >= 0.3 is 5.97 Å². The predicted molar refractivity (Wildman–Crippen MR) is 79.3 cm³/mol. The molecule has 1 N–H and O–H groups in total. The Morgan fingerprint density at radius 3 is 2.58 bits per heavy atom. The number of halogens is 2. The van der Waals surface area contributed by atoms with Crippen LogP contribution in [0.15, 0.2) is 35.1 Å². The molecule has 0 radical (unpaired) electrons. The van der Waals surface area contributed by atoms with E-state index in [9.17, 15) is 23.2 Å². The van der Waals surface area contributed by atoms with Gasteiger partial charge in [-0.15, -0.1) is 0 Å². The molecule has 0 bridgehead atoms.